The summed E-state index contributed by atoms with van der Waals surface area (Å²) < 4.78 is 23.9. The molecule has 1 aliphatic rings. The van der Waals surface area contributed by atoms with E-state index in [9.17, 15) is 19.1 Å². The quantitative estimate of drug-likeness (QED) is 0.659. The summed E-state index contributed by atoms with van der Waals surface area (Å²) in [6.45, 7) is 6.03. The van der Waals surface area contributed by atoms with Crippen molar-refractivity contribution in [2.24, 2.45) is 5.41 Å². The van der Waals surface area contributed by atoms with Gasteiger partial charge in [-0.25, -0.2) is 4.39 Å². The van der Waals surface area contributed by atoms with Gasteiger partial charge in [-0.15, -0.1) is 0 Å². The van der Waals surface area contributed by atoms with Gasteiger partial charge in [0.15, 0.2) is 11.5 Å². The number of carbonyl (C=O) groups is 2. The molecule has 0 fully saturated rings. The molecule has 1 atom stereocenters. The van der Waals surface area contributed by atoms with Crippen LogP contribution in [0.1, 0.15) is 37.9 Å². The Labute approximate surface area is 187 Å². The minimum absolute atomic E-state index is 0.0959. The number of halogens is 1. The number of benzene rings is 2. The molecule has 2 aromatic rings. The van der Waals surface area contributed by atoms with Crippen molar-refractivity contribution in [1.82, 2.24) is 4.90 Å². The highest BCUT2D eigenvalue weighted by molar-refractivity contribution is 6.10. The molecule has 1 heterocycles. The number of Topliss-reactive ketones (excluding diaryl/α,β-unsaturated/α-hetero) is 1. The van der Waals surface area contributed by atoms with Crippen LogP contribution in [-0.2, 0) is 20.9 Å². The summed E-state index contributed by atoms with van der Waals surface area (Å²) in [6, 6.07) is 12.4. The molecule has 170 valence electrons. The van der Waals surface area contributed by atoms with Crippen LogP contribution in [0.5, 0.6) is 5.75 Å². The Morgan fingerprint density at radius 2 is 1.72 bits per heavy atom. The lowest BCUT2D eigenvalue weighted by Gasteiger charge is -2.28. The van der Waals surface area contributed by atoms with Gasteiger partial charge in [-0.3, -0.25) is 9.59 Å². The summed E-state index contributed by atoms with van der Waals surface area (Å²) in [6.07, 6.45) is 0. The Morgan fingerprint density at radius 3 is 2.28 bits per heavy atom. The molecule has 1 N–H and O–H groups in total. The van der Waals surface area contributed by atoms with Crippen LogP contribution in [0.4, 0.5) is 4.39 Å². The first-order valence-corrected chi connectivity index (χ1v) is 10.4. The molecule has 0 radical (unpaired) electrons. The van der Waals surface area contributed by atoms with Gasteiger partial charge in [0.1, 0.15) is 18.2 Å². The monoisotopic (exact) mass is 441 g/mol. The van der Waals surface area contributed by atoms with Gasteiger partial charge < -0.3 is 19.5 Å². The van der Waals surface area contributed by atoms with Crippen molar-refractivity contribution in [3.05, 3.63) is 76.8 Å². The van der Waals surface area contributed by atoms with Gasteiger partial charge in [-0.2, -0.15) is 0 Å². The predicted octanol–water partition coefficient (Wildman–Crippen LogP) is 4.36. The first-order chi connectivity index (χ1) is 15.1. The van der Waals surface area contributed by atoms with E-state index in [4.69, 9.17) is 9.47 Å². The highest BCUT2D eigenvalue weighted by atomic mass is 19.1. The summed E-state index contributed by atoms with van der Waals surface area (Å²) in [5, 5.41) is 10.6. The predicted molar refractivity (Wildman–Crippen MR) is 118 cm³/mol. The number of methoxy groups -OCH3 is 1. The van der Waals surface area contributed by atoms with Crippen LogP contribution >= 0.6 is 0 Å². The van der Waals surface area contributed by atoms with Gasteiger partial charge in [0.05, 0.1) is 18.2 Å². The summed E-state index contributed by atoms with van der Waals surface area (Å²) in [5.74, 6) is -1.11. The van der Waals surface area contributed by atoms with Gasteiger partial charge in [0.25, 0.3) is 5.91 Å². The number of ketones is 1. The first-order valence-electron chi connectivity index (χ1n) is 10.4. The third-order valence-electron chi connectivity index (χ3n) is 5.28. The molecule has 0 aliphatic carbocycles. The minimum atomic E-state index is -0.767. The number of aliphatic hydroxyl groups excluding tert-OH is 1. The molecule has 0 aromatic heterocycles. The minimum Gasteiger partial charge on any atom is -0.503 e. The fraction of sp³-hybridized carbons (Fsp3) is 0.360. The summed E-state index contributed by atoms with van der Waals surface area (Å²) in [4.78, 5) is 27.3. The van der Waals surface area contributed by atoms with Crippen molar-refractivity contribution in [3.63, 3.8) is 0 Å². The molecule has 1 aliphatic heterocycles. The van der Waals surface area contributed by atoms with Crippen LogP contribution < -0.4 is 4.74 Å². The number of amides is 1. The maximum atomic E-state index is 13.1. The zero-order chi connectivity index (χ0) is 23.5. The Hall–Kier alpha value is -3.19. The van der Waals surface area contributed by atoms with Gasteiger partial charge in [-0.05, 0) is 35.4 Å². The van der Waals surface area contributed by atoms with Crippen molar-refractivity contribution < 1.29 is 28.6 Å². The highest BCUT2D eigenvalue weighted by Gasteiger charge is 2.45. The van der Waals surface area contributed by atoms with Crippen molar-refractivity contribution >= 4 is 11.7 Å². The van der Waals surface area contributed by atoms with E-state index < -0.39 is 23.1 Å². The first kappa shape index (κ1) is 23.5. The summed E-state index contributed by atoms with van der Waals surface area (Å²) >= 11 is 0. The second kappa shape index (κ2) is 9.53. The van der Waals surface area contributed by atoms with Crippen LogP contribution in [0, 0.1) is 11.2 Å². The second-order valence-corrected chi connectivity index (χ2v) is 8.72. The third kappa shape index (κ3) is 4.99. The fourth-order valence-corrected chi connectivity index (χ4v) is 3.55. The second-order valence-electron chi connectivity index (χ2n) is 8.72. The van der Waals surface area contributed by atoms with Crippen LogP contribution in [0.2, 0.25) is 0 Å². The SMILES string of the molecule is COCCN1C(=O)C(O)=C(C(=O)C(C)(C)C)C1c1ccc(OCc2ccc(F)cc2)cc1. The van der Waals surface area contributed by atoms with Crippen molar-refractivity contribution in [2.45, 2.75) is 33.4 Å². The molecular formula is C25H28FNO5. The zero-order valence-corrected chi connectivity index (χ0v) is 18.7. The molecule has 1 amide bonds. The smallest absolute Gasteiger partial charge is 0.290 e. The largest absolute Gasteiger partial charge is 0.503 e. The molecule has 3 rings (SSSR count). The number of hydrogen-bond donors (Lipinski definition) is 1. The molecule has 1 unspecified atom stereocenters. The lowest BCUT2D eigenvalue weighted by Crippen LogP contribution is -2.35. The van der Waals surface area contributed by atoms with Crippen molar-refractivity contribution in [1.29, 1.82) is 0 Å². The highest BCUT2D eigenvalue weighted by Crippen LogP contribution is 2.41. The standard InChI is InChI=1S/C25H28FNO5/c1-25(2,3)23(29)20-21(27(13-14-31-4)24(30)22(20)28)17-7-11-19(12-8-17)32-15-16-5-9-18(26)10-6-16/h5-12,21,28H,13-15H2,1-4H3. The number of rotatable bonds is 8. The number of carbonyl (C=O) groups excluding carboxylic acids is 2. The number of aliphatic hydroxyl groups is 1. The van der Waals surface area contributed by atoms with E-state index in [0.717, 1.165) is 5.56 Å². The average Bonchev–Trinajstić information content (AvgIpc) is 3.01. The van der Waals surface area contributed by atoms with Crippen LogP contribution in [0.3, 0.4) is 0 Å². The lowest BCUT2D eigenvalue weighted by molar-refractivity contribution is -0.130. The fourth-order valence-electron chi connectivity index (χ4n) is 3.55. The molecule has 0 bridgehead atoms. The summed E-state index contributed by atoms with van der Waals surface area (Å²) in [5.41, 5.74) is 0.837. The lowest BCUT2D eigenvalue weighted by atomic mass is 9.82. The van der Waals surface area contributed by atoms with E-state index in [-0.39, 0.29) is 36.9 Å². The van der Waals surface area contributed by atoms with E-state index >= 15 is 0 Å². The van der Waals surface area contributed by atoms with Gasteiger partial charge in [-0.1, -0.05) is 45.0 Å². The van der Waals surface area contributed by atoms with E-state index in [0.29, 0.717) is 11.3 Å². The summed E-state index contributed by atoms with van der Waals surface area (Å²) in [7, 11) is 1.53. The van der Waals surface area contributed by atoms with Crippen molar-refractivity contribution in [2.75, 3.05) is 20.3 Å². The van der Waals surface area contributed by atoms with Crippen LogP contribution in [0.25, 0.3) is 0 Å². The Balaban J connectivity index is 1.86. The number of ether oxygens (including phenoxy) is 2. The molecule has 0 saturated carbocycles. The zero-order valence-electron chi connectivity index (χ0n) is 18.7. The van der Waals surface area contributed by atoms with E-state index in [2.05, 4.69) is 0 Å². The van der Waals surface area contributed by atoms with E-state index in [1.54, 1.807) is 57.2 Å². The van der Waals surface area contributed by atoms with Crippen LogP contribution in [0.15, 0.2) is 59.9 Å². The van der Waals surface area contributed by atoms with E-state index in [1.165, 1.54) is 24.1 Å². The Bertz CT molecular complexity index is 1010. The molecule has 0 saturated heterocycles. The van der Waals surface area contributed by atoms with Gasteiger partial charge in [0, 0.05) is 19.1 Å². The molecule has 2 aromatic carbocycles. The molecular weight excluding hydrogens is 413 g/mol. The van der Waals surface area contributed by atoms with Gasteiger partial charge >= 0.3 is 0 Å². The van der Waals surface area contributed by atoms with Crippen LogP contribution in [-0.4, -0.2) is 42.0 Å². The van der Waals surface area contributed by atoms with Gasteiger partial charge in [0.2, 0.25) is 0 Å². The Morgan fingerprint density at radius 1 is 1.09 bits per heavy atom. The maximum Gasteiger partial charge on any atom is 0.290 e. The number of hydrogen-bond acceptors (Lipinski definition) is 5. The maximum absolute atomic E-state index is 13.1. The topological polar surface area (TPSA) is 76.1 Å². The number of nitrogens with zero attached hydrogens (tertiary/aromatic N) is 1. The molecule has 0 spiro atoms. The normalized spacial score (nSPS) is 16.6. The molecule has 32 heavy (non-hydrogen) atoms. The van der Waals surface area contributed by atoms with E-state index in [1.807, 2.05) is 0 Å². The molecule has 7 heteroatoms. The Kier molecular flexibility index (Phi) is 6.99. The van der Waals surface area contributed by atoms with Crippen molar-refractivity contribution in [3.8, 4) is 5.75 Å². The molecule has 6 nitrogen and oxygen atoms in total. The third-order valence-corrected chi connectivity index (χ3v) is 5.28. The average molecular weight is 441 g/mol.